The number of hydrogen-bond acceptors (Lipinski definition) is 3. The molecule has 1 N–H and O–H groups in total. The van der Waals surface area contributed by atoms with Crippen LogP contribution in [-0.2, 0) is 6.42 Å². The monoisotopic (exact) mass is 347 g/mol. The van der Waals surface area contributed by atoms with E-state index in [1.165, 1.54) is 4.90 Å². The van der Waals surface area contributed by atoms with Gasteiger partial charge in [0.15, 0.2) is 0 Å². The number of aromatic nitrogens is 1. The average molecular weight is 347 g/mol. The normalized spacial score (nSPS) is 14.8. The van der Waals surface area contributed by atoms with Gasteiger partial charge in [-0.2, -0.15) is 0 Å². The minimum atomic E-state index is -0.875. The molecule has 1 aromatic heterocycles. The molecule has 0 saturated carbocycles. The van der Waals surface area contributed by atoms with E-state index in [0.29, 0.717) is 5.56 Å². The fourth-order valence-corrected chi connectivity index (χ4v) is 3.83. The quantitative estimate of drug-likeness (QED) is 0.666. The highest BCUT2D eigenvalue weighted by atomic mass is 32.2. The molecule has 124 valence electrons. The van der Waals surface area contributed by atoms with Gasteiger partial charge in [-0.3, -0.25) is 0 Å². The lowest BCUT2D eigenvalue weighted by molar-refractivity contribution is 0.0698. The van der Waals surface area contributed by atoms with E-state index in [1.807, 2.05) is 24.3 Å². The van der Waals surface area contributed by atoms with Crippen LogP contribution in [0.2, 0.25) is 0 Å². The van der Waals surface area contributed by atoms with E-state index in [9.17, 15) is 9.90 Å². The minimum absolute atomic E-state index is 0.404. The van der Waals surface area contributed by atoms with Crippen molar-refractivity contribution in [3.05, 3.63) is 70.9 Å². The smallest absolute Gasteiger partial charge is 0.336 e. The van der Waals surface area contributed by atoms with Gasteiger partial charge in [0.2, 0.25) is 0 Å². The van der Waals surface area contributed by atoms with Crippen LogP contribution in [0.5, 0.6) is 0 Å². The van der Waals surface area contributed by atoms with Crippen molar-refractivity contribution >= 4 is 40.3 Å². The summed E-state index contributed by atoms with van der Waals surface area (Å²) < 4.78 is 0. The Labute approximate surface area is 150 Å². The summed E-state index contributed by atoms with van der Waals surface area (Å²) >= 11 is 1.72. The molecule has 4 heteroatoms. The van der Waals surface area contributed by atoms with Crippen molar-refractivity contribution < 1.29 is 9.90 Å². The van der Waals surface area contributed by atoms with Gasteiger partial charge in [0.05, 0.1) is 16.8 Å². The number of para-hydroxylation sites is 1. The maximum absolute atomic E-state index is 11.9. The van der Waals surface area contributed by atoms with E-state index >= 15 is 0 Å². The highest BCUT2D eigenvalue weighted by Crippen LogP contribution is 2.37. The number of carboxylic acid groups (broad SMARTS) is 1. The van der Waals surface area contributed by atoms with Crippen LogP contribution in [0.3, 0.4) is 0 Å². The highest BCUT2D eigenvalue weighted by Gasteiger charge is 2.26. The SMILES string of the molecule is CSc1ccc(C=C2CCc3c2nc2ccccc2c3C(=O)O)cc1. The zero-order valence-corrected chi connectivity index (χ0v) is 14.6. The molecule has 0 spiro atoms. The second kappa shape index (κ2) is 6.37. The van der Waals surface area contributed by atoms with Crippen molar-refractivity contribution in [1.82, 2.24) is 4.98 Å². The molecule has 3 nitrogen and oxygen atoms in total. The lowest BCUT2D eigenvalue weighted by Gasteiger charge is -2.09. The number of allylic oxidation sites excluding steroid dienone is 1. The Balaban J connectivity index is 1.87. The van der Waals surface area contributed by atoms with Crippen LogP contribution >= 0.6 is 11.8 Å². The van der Waals surface area contributed by atoms with E-state index in [4.69, 9.17) is 4.98 Å². The predicted molar refractivity (Wildman–Crippen MR) is 103 cm³/mol. The van der Waals surface area contributed by atoms with Crippen molar-refractivity contribution in [2.45, 2.75) is 17.7 Å². The number of nitrogens with zero attached hydrogens (tertiary/aromatic N) is 1. The third-order valence-electron chi connectivity index (χ3n) is 4.61. The Morgan fingerprint density at radius 2 is 1.88 bits per heavy atom. The van der Waals surface area contributed by atoms with Crippen molar-refractivity contribution in [1.29, 1.82) is 0 Å². The van der Waals surface area contributed by atoms with E-state index in [-0.39, 0.29) is 0 Å². The molecule has 0 fully saturated rings. The summed E-state index contributed by atoms with van der Waals surface area (Å²) in [6.45, 7) is 0. The number of fused-ring (bicyclic) bond motifs is 2. The number of pyridine rings is 1. The highest BCUT2D eigenvalue weighted by molar-refractivity contribution is 7.98. The van der Waals surface area contributed by atoms with Crippen molar-refractivity contribution in [2.75, 3.05) is 6.26 Å². The molecule has 0 bridgehead atoms. The van der Waals surface area contributed by atoms with E-state index < -0.39 is 5.97 Å². The lowest BCUT2D eigenvalue weighted by atomic mass is 10.0. The van der Waals surface area contributed by atoms with E-state index in [2.05, 4.69) is 36.6 Å². The van der Waals surface area contributed by atoms with Crippen LogP contribution in [0, 0.1) is 0 Å². The summed E-state index contributed by atoms with van der Waals surface area (Å²) in [5.41, 5.74) is 5.07. The molecule has 0 atom stereocenters. The molecule has 1 heterocycles. The molecule has 0 radical (unpaired) electrons. The van der Waals surface area contributed by atoms with Gasteiger partial charge in [-0.1, -0.05) is 30.3 Å². The number of carboxylic acids is 1. The lowest BCUT2D eigenvalue weighted by Crippen LogP contribution is -2.05. The van der Waals surface area contributed by atoms with Crippen LogP contribution in [-0.4, -0.2) is 22.3 Å². The molecule has 4 rings (SSSR count). The van der Waals surface area contributed by atoms with Gasteiger partial charge in [0.25, 0.3) is 0 Å². The Kier molecular flexibility index (Phi) is 4.06. The topological polar surface area (TPSA) is 50.2 Å². The van der Waals surface area contributed by atoms with Gasteiger partial charge in [-0.15, -0.1) is 11.8 Å². The second-order valence-corrected chi connectivity index (χ2v) is 6.96. The molecule has 0 aliphatic heterocycles. The summed E-state index contributed by atoms with van der Waals surface area (Å²) in [6, 6.07) is 15.9. The Hall–Kier alpha value is -2.59. The van der Waals surface area contributed by atoms with Gasteiger partial charge in [-0.05, 0) is 60.1 Å². The second-order valence-electron chi connectivity index (χ2n) is 6.08. The molecule has 1 aliphatic carbocycles. The number of hydrogen-bond donors (Lipinski definition) is 1. The summed E-state index contributed by atoms with van der Waals surface area (Å²) in [7, 11) is 0. The Morgan fingerprint density at radius 3 is 2.60 bits per heavy atom. The molecule has 25 heavy (non-hydrogen) atoms. The zero-order chi connectivity index (χ0) is 17.4. The predicted octanol–water partition coefficient (Wildman–Crippen LogP) is 5.14. The van der Waals surface area contributed by atoms with E-state index in [1.54, 1.807) is 11.8 Å². The zero-order valence-electron chi connectivity index (χ0n) is 13.8. The number of aromatic carboxylic acids is 1. The van der Waals surface area contributed by atoms with Crippen LogP contribution in [0.4, 0.5) is 0 Å². The van der Waals surface area contributed by atoms with Crippen LogP contribution < -0.4 is 0 Å². The molecule has 0 saturated heterocycles. The molecule has 3 aromatic rings. The average Bonchev–Trinajstić information content (AvgIpc) is 3.02. The molecular formula is C21H17NO2S. The van der Waals surface area contributed by atoms with Gasteiger partial charge in [-0.25, -0.2) is 9.78 Å². The van der Waals surface area contributed by atoms with Gasteiger partial charge >= 0.3 is 5.97 Å². The molecule has 0 amide bonds. The Morgan fingerprint density at radius 1 is 1.12 bits per heavy atom. The van der Waals surface area contributed by atoms with Crippen molar-refractivity contribution in [3.8, 4) is 0 Å². The summed E-state index contributed by atoms with van der Waals surface area (Å²) in [6.07, 6.45) is 5.74. The first-order valence-corrected chi connectivity index (χ1v) is 9.40. The minimum Gasteiger partial charge on any atom is -0.478 e. The molecule has 2 aromatic carbocycles. The number of carbonyl (C=O) groups is 1. The summed E-state index contributed by atoms with van der Waals surface area (Å²) in [4.78, 5) is 17.9. The largest absolute Gasteiger partial charge is 0.478 e. The molecular weight excluding hydrogens is 330 g/mol. The molecule has 0 unspecified atom stereocenters. The fourth-order valence-electron chi connectivity index (χ4n) is 3.42. The third kappa shape index (κ3) is 2.83. The Bertz CT molecular complexity index is 1010. The third-order valence-corrected chi connectivity index (χ3v) is 5.36. The standard InChI is InChI=1S/C21H17NO2S/c1-25-15-9-6-13(7-10-15)12-14-8-11-17-19(21(23)24)16-4-2-3-5-18(16)22-20(14)17/h2-7,9-10,12H,8,11H2,1H3,(H,23,24). The van der Waals surface area contributed by atoms with Crippen LogP contribution in [0.15, 0.2) is 53.4 Å². The first kappa shape index (κ1) is 15.9. The van der Waals surface area contributed by atoms with Gasteiger partial charge in [0, 0.05) is 10.3 Å². The molecule has 1 aliphatic rings. The van der Waals surface area contributed by atoms with Crippen LogP contribution in [0.25, 0.3) is 22.6 Å². The number of thioether (sulfide) groups is 1. The first-order valence-electron chi connectivity index (χ1n) is 8.17. The maximum atomic E-state index is 11.9. The number of rotatable bonds is 3. The van der Waals surface area contributed by atoms with E-state index in [0.717, 1.165) is 46.1 Å². The van der Waals surface area contributed by atoms with Gasteiger partial charge in [0.1, 0.15) is 0 Å². The first-order chi connectivity index (χ1) is 12.2. The fraction of sp³-hybridized carbons (Fsp3) is 0.143. The summed E-state index contributed by atoms with van der Waals surface area (Å²) in [5, 5.41) is 10.5. The number of benzene rings is 2. The maximum Gasteiger partial charge on any atom is 0.336 e. The summed E-state index contributed by atoms with van der Waals surface area (Å²) in [5.74, 6) is -0.875. The van der Waals surface area contributed by atoms with Crippen molar-refractivity contribution in [2.24, 2.45) is 0 Å². The van der Waals surface area contributed by atoms with Gasteiger partial charge < -0.3 is 5.11 Å². The van der Waals surface area contributed by atoms with Crippen molar-refractivity contribution in [3.63, 3.8) is 0 Å². The van der Waals surface area contributed by atoms with Crippen LogP contribution in [0.1, 0.15) is 33.6 Å².